The van der Waals surface area contributed by atoms with E-state index in [0.717, 1.165) is 11.1 Å². The average molecular weight is 384 g/mol. The summed E-state index contributed by atoms with van der Waals surface area (Å²) in [5, 5.41) is 4.75. The van der Waals surface area contributed by atoms with Gasteiger partial charge in [0.1, 0.15) is 5.75 Å². The molecule has 1 aromatic heterocycles. The van der Waals surface area contributed by atoms with Crippen molar-refractivity contribution in [3.8, 4) is 17.1 Å². The quantitative estimate of drug-likeness (QED) is 0.668. The third-order valence-electron chi connectivity index (χ3n) is 4.64. The molecule has 0 aliphatic carbocycles. The molecule has 0 N–H and O–H groups in total. The van der Waals surface area contributed by atoms with Crippen molar-refractivity contribution in [3.63, 3.8) is 0 Å². The zero-order valence-corrected chi connectivity index (χ0v) is 15.5. The molecule has 4 rings (SSSR count). The van der Waals surface area contributed by atoms with Crippen molar-refractivity contribution in [1.29, 1.82) is 0 Å². The van der Waals surface area contributed by atoms with Gasteiger partial charge in [-0.25, -0.2) is 0 Å². The molecule has 138 valence electrons. The minimum atomic E-state index is -0.110. The SMILES string of the molecule is COc1ccccc1-c1noc(C2CC(=O)N(Cc3ccc(Cl)cc3)C2)n1. The largest absolute Gasteiger partial charge is 0.496 e. The summed E-state index contributed by atoms with van der Waals surface area (Å²) in [5.74, 6) is 1.58. The summed E-state index contributed by atoms with van der Waals surface area (Å²) in [6.45, 7) is 1.09. The number of nitrogens with zero attached hydrogens (tertiary/aromatic N) is 3. The summed E-state index contributed by atoms with van der Waals surface area (Å²) in [7, 11) is 1.60. The molecule has 0 radical (unpaired) electrons. The van der Waals surface area contributed by atoms with Crippen LogP contribution in [0.2, 0.25) is 5.02 Å². The standard InChI is InChI=1S/C20H18ClN3O3/c1-26-17-5-3-2-4-16(17)19-22-20(27-23-19)14-10-18(25)24(12-14)11-13-6-8-15(21)9-7-13/h2-9,14H,10-12H2,1H3. The van der Waals surface area contributed by atoms with Crippen LogP contribution in [0.5, 0.6) is 5.75 Å². The number of aromatic nitrogens is 2. The lowest BCUT2D eigenvalue weighted by molar-refractivity contribution is -0.128. The van der Waals surface area contributed by atoms with Gasteiger partial charge in [0.05, 0.1) is 18.6 Å². The smallest absolute Gasteiger partial charge is 0.232 e. The maximum Gasteiger partial charge on any atom is 0.232 e. The van der Waals surface area contributed by atoms with Crippen LogP contribution in [0.1, 0.15) is 23.8 Å². The molecule has 1 aliphatic rings. The van der Waals surface area contributed by atoms with Crippen LogP contribution in [-0.2, 0) is 11.3 Å². The highest BCUT2D eigenvalue weighted by Crippen LogP contribution is 2.32. The highest BCUT2D eigenvalue weighted by molar-refractivity contribution is 6.30. The van der Waals surface area contributed by atoms with Crippen molar-refractivity contribution in [2.24, 2.45) is 0 Å². The molecule has 1 saturated heterocycles. The molecule has 1 atom stereocenters. The van der Waals surface area contributed by atoms with Crippen molar-refractivity contribution in [3.05, 3.63) is 65.0 Å². The summed E-state index contributed by atoms with van der Waals surface area (Å²) < 4.78 is 10.8. The normalized spacial score (nSPS) is 16.7. The molecule has 27 heavy (non-hydrogen) atoms. The van der Waals surface area contributed by atoms with E-state index >= 15 is 0 Å². The van der Waals surface area contributed by atoms with Gasteiger partial charge in [0.2, 0.25) is 17.6 Å². The third-order valence-corrected chi connectivity index (χ3v) is 4.89. The van der Waals surface area contributed by atoms with Gasteiger partial charge < -0.3 is 14.2 Å². The number of hydrogen-bond acceptors (Lipinski definition) is 5. The van der Waals surface area contributed by atoms with Gasteiger partial charge in [-0.3, -0.25) is 4.79 Å². The highest BCUT2D eigenvalue weighted by Gasteiger charge is 2.34. The molecule has 2 aromatic carbocycles. The second-order valence-electron chi connectivity index (χ2n) is 6.46. The average Bonchev–Trinajstić information content (AvgIpc) is 3.31. The Morgan fingerprint density at radius 3 is 2.78 bits per heavy atom. The molecule has 0 spiro atoms. The van der Waals surface area contributed by atoms with Gasteiger partial charge in [-0.2, -0.15) is 4.98 Å². The van der Waals surface area contributed by atoms with Crippen molar-refractivity contribution >= 4 is 17.5 Å². The molecule has 1 fully saturated rings. The first-order valence-corrected chi connectivity index (χ1v) is 9.01. The Morgan fingerprint density at radius 1 is 1.22 bits per heavy atom. The van der Waals surface area contributed by atoms with Gasteiger partial charge in [0.15, 0.2) is 0 Å². The second-order valence-corrected chi connectivity index (χ2v) is 6.89. The van der Waals surface area contributed by atoms with Crippen molar-refractivity contribution in [2.75, 3.05) is 13.7 Å². The van der Waals surface area contributed by atoms with E-state index in [4.69, 9.17) is 20.9 Å². The van der Waals surface area contributed by atoms with Gasteiger partial charge in [0.25, 0.3) is 0 Å². The maximum absolute atomic E-state index is 12.4. The van der Waals surface area contributed by atoms with Gasteiger partial charge in [-0.1, -0.05) is 41.0 Å². The van der Waals surface area contributed by atoms with Crippen LogP contribution in [0.25, 0.3) is 11.4 Å². The van der Waals surface area contributed by atoms with Gasteiger partial charge >= 0.3 is 0 Å². The van der Waals surface area contributed by atoms with Gasteiger partial charge in [-0.05, 0) is 29.8 Å². The Morgan fingerprint density at radius 2 is 2.00 bits per heavy atom. The van der Waals surface area contributed by atoms with E-state index in [9.17, 15) is 4.79 Å². The molecule has 0 bridgehead atoms. The lowest BCUT2D eigenvalue weighted by Crippen LogP contribution is -2.24. The first-order chi connectivity index (χ1) is 13.1. The van der Waals surface area contributed by atoms with E-state index < -0.39 is 0 Å². The van der Waals surface area contributed by atoms with Crippen molar-refractivity contribution < 1.29 is 14.1 Å². The van der Waals surface area contributed by atoms with E-state index in [-0.39, 0.29) is 11.8 Å². The van der Waals surface area contributed by atoms with Crippen molar-refractivity contribution in [2.45, 2.75) is 18.9 Å². The zero-order valence-electron chi connectivity index (χ0n) is 14.8. The van der Waals surface area contributed by atoms with Crippen LogP contribution >= 0.6 is 11.6 Å². The summed E-state index contributed by atoms with van der Waals surface area (Å²) in [4.78, 5) is 18.7. The number of amides is 1. The Kier molecular flexibility index (Phi) is 4.81. The fraction of sp³-hybridized carbons (Fsp3) is 0.250. The molecule has 3 aromatic rings. The minimum Gasteiger partial charge on any atom is -0.496 e. The number of carbonyl (C=O) groups excluding carboxylic acids is 1. The summed E-state index contributed by atoms with van der Waals surface area (Å²) in [5.41, 5.74) is 1.80. The number of ether oxygens (including phenoxy) is 1. The number of hydrogen-bond donors (Lipinski definition) is 0. The predicted molar refractivity (Wildman–Crippen MR) is 101 cm³/mol. The van der Waals surface area contributed by atoms with Crippen LogP contribution in [-0.4, -0.2) is 34.6 Å². The van der Waals surface area contributed by atoms with E-state index in [1.807, 2.05) is 48.5 Å². The van der Waals surface area contributed by atoms with E-state index in [1.54, 1.807) is 12.0 Å². The number of para-hydroxylation sites is 1. The Labute approximate surface area is 161 Å². The maximum atomic E-state index is 12.4. The van der Waals surface area contributed by atoms with E-state index in [2.05, 4.69) is 10.1 Å². The Bertz CT molecular complexity index is 955. The topological polar surface area (TPSA) is 68.5 Å². The molecular weight excluding hydrogens is 366 g/mol. The monoisotopic (exact) mass is 383 g/mol. The van der Waals surface area contributed by atoms with Crippen LogP contribution < -0.4 is 4.74 Å². The van der Waals surface area contributed by atoms with E-state index in [0.29, 0.717) is 42.0 Å². The van der Waals surface area contributed by atoms with Crippen LogP contribution in [0.3, 0.4) is 0 Å². The first kappa shape index (κ1) is 17.5. The summed E-state index contributed by atoms with van der Waals surface area (Å²) >= 11 is 5.92. The van der Waals surface area contributed by atoms with Gasteiger partial charge in [-0.15, -0.1) is 0 Å². The number of carbonyl (C=O) groups is 1. The lowest BCUT2D eigenvalue weighted by atomic mass is 10.1. The minimum absolute atomic E-state index is 0.0759. The first-order valence-electron chi connectivity index (χ1n) is 8.63. The summed E-state index contributed by atoms with van der Waals surface area (Å²) in [6, 6.07) is 15.0. The van der Waals surface area contributed by atoms with Crippen LogP contribution in [0, 0.1) is 0 Å². The molecular formula is C20H18ClN3O3. The van der Waals surface area contributed by atoms with Crippen molar-refractivity contribution in [1.82, 2.24) is 15.0 Å². The summed E-state index contributed by atoms with van der Waals surface area (Å²) in [6.07, 6.45) is 0.362. The molecule has 1 amide bonds. The molecule has 2 heterocycles. The number of methoxy groups -OCH3 is 1. The fourth-order valence-electron chi connectivity index (χ4n) is 3.24. The number of likely N-dealkylation sites (tertiary alicyclic amines) is 1. The lowest BCUT2D eigenvalue weighted by Gasteiger charge is -2.16. The predicted octanol–water partition coefficient (Wildman–Crippen LogP) is 3.91. The number of rotatable bonds is 5. The third kappa shape index (κ3) is 3.66. The molecule has 0 saturated carbocycles. The highest BCUT2D eigenvalue weighted by atomic mass is 35.5. The van der Waals surface area contributed by atoms with E-state index in [1.165, 1.54) is 0 Å². The molecule has 1 aliphatic heterocycles. The number of halogens is 1. The fourth-order valence-corrected chi connectivity index (χ4v) is 3.37. The Balaban J connectivity index is 1.49. The van der Waals surface area contributed by atoms with Crippen LogP contribution in [0.15, 0.2) is 53.1 Å². The molecule has 7 heteroatoms. The molecule has 1 unspecified atom stereocenters. The van der Waals surface area contributed by atoms with Crippen LogP contribution in [0.4, 0.5) is 0 Å². The second kappa shape index (κ2) is 7.40. The Hall–Kier alpha value is -2.86. The zero-order chi connectivity index (χ0) is 18.8. The number of benzene rings is 2. The van der Waals surface area contributed by atoms with Gasteiger partial charge in [0, 0.05) is 24.5 Å². The molecule has 6 nitrogen and oxygen atoms in total.